The molecule has 1 aromatic carbocycles. The normalized spacial score (nSPS) is 9.85. The minimum absolute atomic E-state index is 0.157. The Kier molecular flexibility index (Phi) is 4.23. The van der Waals surface area contributed by atoms with Gasteiger partial charge in [0.25, 0.3) is 5.91 Å². The molecule has 1 amide bonds. The Balaban J connectivity index is 2.28. The standard InChI is InChI=1S/C13H8BrClN4O/c14-9-1-2-11(7(3-9)5-16)19-13(20)8-4-10(15)12(17)18-6-8/h1-4,6H,(H2,17,18)(H,19,20). The summed E-state index contributed by atoms with van der Waals surface area (Å²) in [6, 6.07) is 8.40. The van der Waals surface area contributed by atoms with Crippen LogP contribution in [-0.2, 0) is 0 Å². The van der Waals surface area contributed by atoms with Gasteiger partial charge in [0.05, 0.1) is 21.8 Å². The summed E-state index contributed by atoms with van der Waals surface area (Å²) in [6.07, 6.45) is 1.32. The van der Waals surface area contributed by atoms with Crippen molar-refractivity contribution in [3.05, 3.63) is 51.1 Å². The summed E-state index contributed by atoms with van der Waals surface area (Å²) in [5, 5.41) is 11.9. The zero-order chi connectivity index (χ0) is 14.7. The van der Waals surface area contributed by atoms with Crippen LogP contribution >= 0.6 is 27.5 Å². The predicted molar refractivity (Wildman–Crippen MR) is 80.5 cm³/mol. The van der Waals surface area contributed by atoms with Crippen LogP contribution in [0.25, 0.3) is 0 Å². The van der Waals surface area contributed by atoms with E-state index < -0.39 is 5.91 Å². The fraction of sp³-hybridized carbons (Fsp3) is 0. The first-order chi connectivity index (χ1) is 9.51. The van der Waals surface area contributed by atoms with Gasteiger partial charge >= 0.3 is 0 Å². The van der Waals surface area contributed by atoms with Gasteiger partial charge in [-0.1, -0.05) is 27.5 Å². The van der Waals surface area contributed by atoms with Gasteiger partial charge in [0.15, 0.2) is 0 Å². The van der Waals surface area contributed by atoms with Gasteiger partial charge in [-0.2, -0.15) is 5.26 Å². The molecule has 0 aliphatic heterocycles. The SMILES string of the molecule is N#Cc1cc(Br)ccc1NC(=O)c1cnc(N)c(Cl)c1. The van der Waals surface area contributed by atoms with Crippen LogP contribution < -0.4 is 11.1 Å². The average Bonchev–Trinajstić information content (AvgIpc) is 2.43. The molecule has 20 heavy (non-hydrogen) atoms. The Labute approximate surface area is 128 Å². The zero-order valence-electron chi connectivity index (χ0n) is 10.0. The van der Waals surface area contributed by atoms with Gasteiger partial charge < -0.3 is 11.1 Å². The molecule has 7 heteroatoms. The number of pyridine rings is 1. The number of nitriles is 1. The molecule has 0 fully saturated rings. The number of carbonyl (C=O) groups is 1. The minimum atomic E-state index is -0.418. The van der Waals surface area contributed by atoms with Crippen molar-refractivity contribution in [1.29, 1.82) is 5.26 Å². The van der Waals surface area contributed by atoms with Crippen LogP contribution in [0.3, 0.4) is 0 Å². The maximum Gasteiger partial charge on any atom is 0.257 e. The topological polar surface area (TPSA) is 91.8 Å². The van der Waals surface area contributed by atoms with Crippen molar-refractivity contribution in [2.24, 2.45) is 0 Å². The summed E-state index contributed by atoms with van der Waals surface area (Å²) in [5.41, 5.74) is 6.50. The number of nitrogens with two attached hydrogens (primary N) is 1. The molecule has 5 nitrogen and oxygen atoms in total. The smallest absolute Gasteiger partial charge is 0.257 e. The highest BCUT2D eigenvalue weighted by atomic mass is 79.9. The highest BCUT2D eigenvalue weighted by molar-refractivity contribution is 9.10. The van der Waals surface area contributed by atoms with Crippen LogP contribution in [0.1, 0.15) is 15.9 Å². The molecule has 0 atom stereocenters. The lowest BCUT2D eigenvalue weighted by Crippen LogP contribution is -2.13. The molecule has 2 aromatic rings. The van der Waals surface area contributed by atoms with Crippen LogP contribution in [0.4, 0.5) is 11.5 Å². The molecule has 1 heterocycles. The molecule has 0 spiro atoms. The van der Waals surface area contributed by atoms with Gasteiger partial charge in [-0.15, -0.1) is 0 Å². The molecule has 0 bridgehead atoms. The lowest BCUT2D eigenvalue weighted by molar-refractivity contribution is 0.102. The summed E-state index contributed by atoms with van der Waals surface area (Å²) in [5.74, 6) is -0.261. The molecule has 0 unspecified atom stereocenters. The first-order valence-electron chi connectivity index (χ1n) is 5.43. The predicted octanol–water partition coefficient (Wildman–Crippen LogP) is 3.20. The van der Waals surface area contributed by atoms with Crippen LogP contribution in [0.2, 0.25) is 5.02 Å². The second-order valence-electron chi connectivity index (χ2n) is 3.85. The van der Waals surface area contributed by atoms with E-state index in [-0.39, 0.29) is 16.4 Å². The third-order valence-electron chi connectivity index (χ3n) is 2.48. The molecule has 3 N–H and O–H groups in total. The zero-order valence-corrected chi connectivity index (χ0v) is 12.4. The van der Waals surface area contributed by atoms with E-state index in [4.69, 9.17) is 22.6 Å². The number of carbonyl (C=O) groups excluding carboxylic acids is 1. The molecule has 0 aliphatic rings. The van der Waals surface area contributed by atoms with Crippen LogP contribution in [0, 0.1) is 11.3 Å². The van der Waals surface area contributed by atoms with Crippen molar-refractivity contribution in [2.45, 2.75) is 0 Å². The number of nitrogens with one attached hydrogen (secondary N) is 1. The number of benzene rings is 1. The van der Waals surface area contributed by atoms with Crippen molar-refractivity contribution in [3.63, 3.8) is 0 Å². The van der Waals surface area contributed by atoms with Crippen LogP contribution in [0.15, 0.2) is 34.9 Å². The van der Waals surface area contributed by atoms with E-state index >= 15 is 0 Å². The van der Waals surface area contributed by atoms with Gasteiger partial charge in [-0.05, 0) is 24.3 Å². The first kappa shape index (κ1) is 14.3. The van der Waals surface area contributed by atoms with Crippen molar-refractivity contribution in [2.75, 3.05) is 11.1 Å². The molecule has 0 radical (unpaired) electrons. The number of anilines is 2. The summed E-state index contributed by atoms with van der Waals surface area (Å²) in [6.45, 7) is 0. The highest BCUT2D eigenvalue weighted by Gasteiger charge is 2.11. The Morgan fingerprint density at radius 3 is 2.85 bits per heavy atom. The first-order valence-corrected chi connectivity index (χ1v) is 6.60. The fourth-order valence-electron chi connectivity index (χ4n) is 1.49. The quantitative estimate of drug-likeness (QED) is 0.869. The summed E-state index contributed by atoms with van der Waals surface area (Å²) >= 11 is 9.07. The summed E-state index contributed by atoms with van der Waals surface area (Å²) in [4.78, 5) is 15.9. The van der Waals surface area contributed by atoms with Crippen LogP contribution in [0.5, 0.6) is 0 Å². The Morgan fingerprint density at radius 1 is 1.45 bits per heavy atom. The minimum Gasteiger partial charge on any atom is -0.382 e. The van der Waals surface area contributed by atoms with E-state index in [9.17, 15) is 4.79 Å². The lowest BCUT2D eigenvalue weighted by atomic mass is 10.2. The summed E-state index contributed by atoms with van der Waals surface area (Å²) < 4.78 is 0.754. The van der Waals surface area contributed by atoms with E-state index in [0.717, 1.165) is 4.47 Å². The molecule has 1 aromatic heterocycles. The largest absolute Gasteiger partial charge is 0.382 e. The number of amides is 1. The Bertz CT molecular complexity index is 727. The van der Waals surface area contributed by atoms with Gasteiger partial charge in [0.2, 0.25) is 0 Å². The Morgan fingerprint density at radius 2 is 2.20 bits per heavy atom. The van der Waals surface area contributed by atoms with Crippen LogP contribution in [-0.4, -0.2) is 10.9 Å². The number of hydrogen-bond acceptors (Lipinski definition) is 4. The van der Waals surface area contributed by atoms with Gasteiger partial charge in [0, 0.05) is 10.7 Å². The van der Waals surface area contributed by atoms with Crippen molar-refractivity contribution >= 4 is 44.9 Å². The number of aromatic nitrogens is 1. The van der Waals surface area contributed by atoms with E-state index in [1.807, 2.05) is 6.07 Å². The lowest BCUT2D eigenvalue weighted by Gasteiger charge is -2.08. The highest BCUT2D eigenvalue weighted by Crippen LogP contribution is 2.22. The summed E-state index contributed by atoms with van der Waals surface area (Å²) in [7, 11) is 0. The van der Waals surface area contributed by atoms with E-state index in [2.05, 4.69) is 26.2 Å². The molecule has 100 valence electrons. The van der Waals surface area contributed by atoms with E-state index in [1.165, 1.54) is 12.3 Å². The maximum absolute atomic E-state index is 12.1. The monoisotopic (exact) mass is 350 g/mol. The van der Waals surface area contributed by atoms with Crippen molar-refractivity contribution < 1.29 is 4.79 Å². The second kappa shape index (κ2) is 5.90. The number of nitrogen functional groups attached to an aromatic ring is 1. The average molecular weight is 352 g/mol. The Hall–Kier alpha value is -2.10. The molecule has 0 saturated heterocycles. The van der Waals surface area contributed by atoms with Gasteiger partial charge in [-0.25, -0.2) is 4.98 Å². The molecular weight excluding hydrogens is 344 g/mol. The van der Waals surface area contributed by atoms with Crippen molar-refractivity contribution in [3.8, 4) is 6.07 Å². The van der Waals surface area contributed by atoms with E-state index in [1.54, 1.807) is 18.2 Å². The number of hydrogen-bond donors (Lipinski definition) is 2. The van der Waals surface area contributed by atoms with Gasteiger partial charge in [0.1, 0.15) is 11.9 Å². The third kappa shape index (κ3) is 3.07. The number of rotatable bonds is 2. The molecular formula is C13H8BrClN4O. The fourth-order valence-corrected chi connectivity index (χ4v) is 2.01. The molecule has 0 aliphatic carbocycles. The number of halogens is 2. The third-order valence-corrected chi connectivity index (χ3v) is 3.28. The molecule has 0 saturated carbocycles. The maximum atomic E-state index is 12.1. The van der Waals surface area contributed by atoms with Gasteiger partial charge in [-0.3, -0.25) is 4.79 Å². The second-order valence-corrected chi connectivity index (χ2v) is 5.17. The molecule has 2 rings (SSSR count). The number of nitrogens with zero attached hydrogens (tertiary/aromatic N) is 2. The van der Waals surface area contributed by atoms with E-state index in [0.29, 0.717) is 11.3 Å². The van der Waals surface area contributed by atoms with Crippen molar-refractivity contribution in [1.82, 2.24) is 4.98 Å².